The van der Waals surface area contributed by atoms with Gasteiger partial charge in [-0.25, -0.2) is 0 Å². The van der Waals surface area contributed by atoms with Crippen molar-refractivity contribution in [2.45, 2.75) is 64.3 Å². The standard InChI is InChI=1S/C13H24N2O2/c1-2-3-9-12(16)14-10-13(17)15-11-7-5-4-6-8-11/h11H,2-10H2,1H3,(H,14,16)(H,15,17). The Morgan fingerprint density at radius 3 is 2.47 bits per heavy atom. The summed E-state index contributed by atoms with van der Waals surface area (Å²) in [6.45, 7) is 2.17. The van der Waals surface area contributed by atoms with E-state index < -0.39 is 0 Å². The van der Waals surface area contributed by atoms with Gasteiger partial charge < -0.3 is 10.6 Å². The van der Waals surface area contributed by atoms with E-state index in [9.17, 15) is 9.59 Å². The molecule has 1 aliphatic rings. The molecule has 4 heteroatoms. The summed E-state index contributed by atoms with van der Waals surface area (Å²) in [5.41, 5.74) is 0. The van der Waals surface area contributed by atoms with Crippen LogP contribution in [0.4, 0.5) is 0 Å². The molecule has 1 aliphatic carbocycles. The molecule has 1 rings (SSSR count). The van der Waals surface area contributed by atoms with Crippen LogP contribution in [0.5, 0.6) is 0 Å². The molecule has 0 bridgehead atoms. The molecule has 0 aromatic carbocycles. The van der Waals surface area contributed by atoms with Gasteiger partial charge in [-0.3, -0.25) is 9.59 Å². The van der Waals surface area contributed by atoms with E-state index >= 15 is 0 Å². The molecule has 0 saturated heterocycles. The number of rotatable bonds is 6. The van der Waals surface area contributed by atoms with Crippen LogP contribution in [0.3, 0.4) is 0 Å². The maximum absolute atomic E-state index is 11.6. The lowest BCUT2D eigenvalue weighted by Gasteiger charge is -2.22. The van der Waals surface area contributed by atoms with Gasteiger partial charge in [-0.05, 0) is 19.3 Å². The predicted molar refractivity (Wildman–Crippen MR) is 67.6 cm³/mol. The van der Waals surface area contributed by atoms with Crippen molar-refractivity contribution >= 4 is 11.8 Å². The Morgan fingerprint density at radius 1 is 1.12 bits per heavy atom. The molecule has 4 nitrogen and oxygen atoms in total. The lowest BCUT2D eigenvalue weighted by Crippen LogP contribution is -2.42. The van der Waals surface area contributed by atoms with Gasteiger partial charge in [0, 0.05) is 12.5 Å². The number of hydrogen-bond donors (Lipinski definition) is 2. The van der Waals surface area contributed by atoms with Crippen LogP contribution in [-0.2, 0) is 9.59 Å². The summed E-state index contributed by atoms with van der Waals surface area (Å²) in [6.07, 6.45) is 8.25. The van der Waals surface area contributed by atoms with Gasteiger partial charge in [0.1, 0.15) is 0 Å². The van der Waals surface area contributed by atoms with Gasteiger partial charge in [0.15, 0.2) is 0 Å². The lowest BCUT2D eigenvalue weighted by molar-refractivity contribution is -0.126. The first-order valence-electron chi connectivity index (χ1n) is 6.78. The highest BCUT2D eigenvalue weighted by molar-refractivity contribution is 5.84. The van der Waals surface area contributed by atoms with E-state index in [4.69, 9.17) is 0 Å². The maximum Gasteiger partial charge on any atom is 0.239 e. The first-order chi connectivity index (χ1) is 8.22. The van der Waals surface area contributed by atoms with Gasteiger partial charge in [0.05, 0.1) is 6.54 Å². The van der Waals surface area contributed by atoms with Crippen molar-refractivity contribution in [3.05, 3.63) is 0 Å². The third-order valence-corrected chi connectivity index (χ3v) is 3.17. The summed E-state index contributed by atoms with van der Waals surface area (Å²) in [6, 6.07) is 0.323. The maximum atomic E-state index is 11.6. The molecular formula is C13H24N2O2. The second kappa shape index (κ2) is 8.09. The van der Waals surface area contributed by atoms with E-state index in [-0.39, 0.29) is 18.4 Å². The van der Waals surface area contributed by atoms with Crippen LogP contribution >= 0.6 is 0 Å². The third-order valence-electron chi connectivity index (χ3n) is 3.17. The summed E-state index contributed by atoms with van der Waals surface area (Å²) in [5.74, 6) is -0.0765. The van der Waals surface area contributed by atoms with E-state index in [0.29, 0.717) is 12.5 Å². The normalized spacial score (nSPS) is 16.5. The molecule has 2 amide bonds. The minimum absolute atomic E-state index is 0.0226. The van der Waals surface area contributed by atoms with Crippen LogP contribution in [-0.4, -0.2) is 24.4 Å². The SMILES string of the molecule is CCCCC(=O)NCC(=O)NC1CCCCC1. The second-order valence-electron chi connectivity index (χ2n) is 4.78. The molecular weight excluding hydrogens is 216 g/mol. The van der Waals surface area contributed by atoms with E-state index in [1.165, 1.54) is 19.3 Å². The van der Waals surface area contributed by atoms with Crippen molar-refractivity contribution in [2.24, 2.45) is 0 Å². The monoisotopic (exact) mass is 240 g/mol. The van der Waals surface area contributed by atoms with Crippen LogP contribution in [0.25, 0.3) is 0 Å². The van der Waals surface area contributed by atoms with Crippen LogP contribution in [0.1, 0.15) is 58.3 Å². The Hall–Kier alpha value is -1.06. The minimum atomic E-state index is -0.0539. The van der Waals surface area contributed by atoms with Crippen LogP contribution < -0.4 is 10.6 Å². The molecule has 1 saturated carbocycles. The first kappa shape index (κ1) is 14.0. The average molecular weight is 240 g/mol. The van der Waals surface area contributed by atoms with Gasteiger partial charge in [-0.1, -0.05) is 32.6 Å². The quantitative estimate of drug-likeness (QED) is 0.743. The summed E-state index contributed by atoms with van der Waals surface area (Å²) in [5, 5.41) is 5.63. The smallest absolute Gasteiger partial charge is 0.239 e. The van der Waals surface area contributed by atoms with Crippen LogP contribution in [0.15, 0.2) is 0 Å². The highest BCUT2D eigenvalue weighted by atomic mass is 16.2. The molecule has 0 radical (unpaired) electrons. The zero-order valence-electron chi connectivity index (χ0n) is 10.8. The number of unbranched alkanes of at least 4 members (excludes halogenated alkanes) is 1. The highest BCUT2D eigenvalue weighted by Crippen LogP contribution is 2.16. The van der Waals surface area contributed by atoms with E-state index in [1.54, 1.807) is 0 Å². The van der Waals surface area contributed by atoms with Crippen molar-refractivity contribution in [3.8, 4) is 0 Å². The van der Waals surface area contributed by atoms with Crippen molar-refractivity contribution < 1.29 is 9.59 Å². The molecule has 0 aromatic heterocycles. The largest absolute Gasteiger partial charge is 0.352 e. The molecule has 98 valence electrons. The topological polar surface area (TPSA) is 58.2 Å². The summed E-state index contributed by atoms with van der Waals surface area (Å²) in [4.78, 5) is 22.9. The molecule has 2 N–H and O–H groups in total. The predicted octanol–water partition coefficient (Wildman–Crippen LogP) is 1.74. The van der Waals surface area contributed by atoms with Gasteiger partial charge >= 0.3 is 0 Å². The molecule has 0 aromatic rings. The molecule has 1 fully saturated rings. The Kier molecular flexibility index (Phi) is 6.67. The second-order valence-corrected chi connectivity index (χ2v) is 4.78. The Labute approximate surface area is 104 Å². The van der Waals surface area contributed by atoms with Crippen LogP contribution in [0, 0.1) is 0 Å². The Balaban J connectivity index is 2.09. The zero-order valence-corrected chi connectivity index (χ0v) is 10.8. The number of amides is 2. The lowest BCUT2D eigenvalue weighted by atomic mass is 9.95. The first-order valence-corrected chi connectivity index (χ1v) is 6.78. The number of carbonyl (C=O) groups excluding carboxylic acids is 2. The Morgan fingerprint density at radius 2 is 1.82 bits per heavy atom. The van der Waals surface area contributed by atoms with E-state index in [1.807, 2.05) is 6.92 Å². The van der Waals surface area contributed by atoms with Crippen molar-refractivity contribution in [3.63, 3.8) is 0 Å². The fourth-order valence-electron chi connectivity index (χ4n) is 2.13. The summed E-state index contributed by atoms with van der Waals surface area (Å²) < 4.78 is 0. The minimum Gasteiger partial charge on any atom is -0.352 e. The van der Waals surface area contributed by atoms with Crippen molar-refractivity contribution in [1.29, 1.82) is 0 Å². The van der Waals surface area contributed by atoms with Gasteiger partial charge in [-0.15, -0.1) is 0 Å². The van der Waals surface area contributed by atoms with E-state index in [0.717, 1.165) is 25.7 Å². The molecule has 0 heterocycles. The van der Waals surface area contributed by atoms with Gasteiger partial charge in [-0.2, -0.15) is 0 Å². The molecule has 0 spiro atoms. The fourth-order valence-corrected chi connectivity index (χ4v) is 2.13. The van der Waals surface area contributed by atoms with Crippen molar-refractivity contribution in [1.82, 2.24) is 10.6 Å². The fraction of sp³-hybridized carbons (Fsp3) is 0.846. The third kappa shape index (κ3) is 6.29. The summed E-state index contributed by atoms with van der Waals surface area (Å²) in [7, 11) is 0. The van der Waals surface area contributed by atoms with Crippen LogP contribution in [0.2, 0.25) is 0 Å². The molecule has 0 aliphatic heterocycles. The van der Waals surface area contributed by atoms with Gasteiger partial charge in [0.25, 0.3) is 0 Å². The Bertz CT molecular complexity index is 248. The van der Waals surface area contributed by atoms with E-state index in [2.05, 4.69) is 10.6 Å². The zero-order chi connectivity index (χ0) is 12.5. The van der Waals surface area contributed by atoms with Gasteiger partial charge in [0.2, 0.25) is 11.8 Å². The number of carbonyl (C=O) groups is 2. The molecule has 0 atom stereocenters. The summed E-state index contributed by atoms with van der Waals surface area (Å²) >= 11 is 0. The average Bonchev–Trinajstić information content (AvgIpc) is 2.35. The highest BCUT2D eigenvalue weighted by Gasteiger charge is 2.15. The number of hydrogen-bond acceptors (Lipinski definition) is 2. The number of nitrogens with one attached hydrogen (secondary N) is 2. The molecule has 17 heavy (non-hydrogen) atoms. The molecule has 0 unspecified atom stereocenters. The van der Waals surface area contributed by atoms with Crippen molar-refractivity contribution in [2.75, 3.05) is 6.54 Å².